The molecule has 0 saturated carbocycles. The molecule has 0 rings (SSSR count). The van der Waals surface area contributed by atoms with Crippen molar-refractivity contribution in [1.82, 2.24) is 0 Å². The zero-order valence-electron chi connectivity index (χ0n) is 55.8. The monoisotopic (exact) mass is 1300 g/mol. The second-order valence-corrected chi connectivity index (χ2v) is 26.2. The van der Waals surface area contributed by atoms with Gasteiger partial charge in [0.15, 0.2) is 6.10 Å². The number of phosphoric ester groups is 2. The van der Waals surface area contributed by atoms with Crippen LogP contribution in [0.5, 0.6) is 0 Å². The third kappa shape index (κ3) is 66.0. The number of esters is 3. The van der Waals surface area contributed by atoms with Crippen molar-refractivity contribution in [2.24, 2.45) is 0 Å². The lowest BCUT2D eigenvalue weighted by Gasteiger charge is -2.21. The van der Waals surface area contributed by atoms with Crippen molar-refractivity contribution < 1.29 is 75.8 Å². The van der Waals surface area contributed by atoms with Crippen molar-refractivity contribution in [1.29, 1.82) is 0 Å². The Kier molecular flexibility index (Phi) is 62.4. The van der Waals surface area contributed by atoms with Crippen LogP contribution in [0.1, 0.15) is 290 Å². The van der Waals surface area contributed by atoms with Crippen LogP contribution in [0.15, 0.2) is 85.1 Å². The van der Waals surface area contributed by atoms with E-state index in [9.17, 15) is 43.5 Å². The van der Waals surface area contributed by atoms with Crippen molar-refractivity contribution in [3.63, 3.8) is 0 Å². The fourth-order valence-corrected chi connectivity index (χ4v) is 10.8. The number of phosphoric acid groups is 2. The van der Waals surface area contributed by atoms with Gasteiger partial charge in [0, 0.05) is 19.3 Å². The first-order chi connectivity index (χ1) is 43.2. The molecule has 0 radical (unpaired) electrons. The highest BCUT2D eigenvalue weighted by Crippen LogP contribution is 2.45. The summed E-state index contributed by atoms with van der Waals surface area (Å²) in [5.74, 6) is -1.60. The smallest absolute Gasteiger partial charge is 0.463 e. The van der Waals surface area contributed by atoms with E-state index in [1.807, 2.05) is 0 Å². The number of unbranched alkanes of at least 4 members (excludes halogenated alkanes) is 29. The van der Waals surface area contributed by atoms with Gasteiger partial charge in [-0.2, -0.15) is 0 Å². The fourth-order valence-electron chi connectivity index (χ4n) is 9.17. The van der Waals surface area contributed by atoms with E-state index in [1.165, 1.54) is 83.5 Å². The van der Waals surface area contributed by atoms with E-state index >= 15 is 0 Å². The molecule has 18 heteroatoms. The zero-order valence-corrected chi connectivity index (χ0v) is 57.6. The number of hydrogen-bond acceptors (Lipinski definition) is 14. The van der Waals surface area contributed by atoms with Gasteiger partial charge < -0.3 is 34.2 Å². The maximum absolute atomic E-state index is 12.9. The van der Waals surface area contributed by atoms with Crippen molar-refractivity contribution in [3.8, 4) is 0 Å². The van der Waals surface area contributed by atoms with Crippen LogP contribution in [0.2, 0.25) is 0 Å². The quantitative estimate of drug-likeness (QED) is 0.0146. The molecule has 0 aliphatic carbocycles. The van der Waals surface area contributed by atoms with Gasteiger partial charge in [0.05, 0.1) is 26.4 Å². The minimum atomic E-state index is -4.93. The number of rotatable bonds is 66. The number of hydrogen-bond donors (Lipinski definition) is 4. The summed E-state index contributed by atoms with van der Waals surface area (Å²) < 4.78 is 60.9. The predicted octanol–water partition coefficient (Wildman–Crippen LogP) is 19.3. The van der Waals surface area contributed by atoms with Crippen LogP contribution in [0.3, 0.4) is 0 Å². The molecule has 0 fully saturated rings. The second kappa shape index (κ2) is 64.8. The SMILES string of the molecule is CCCCC/C=C\C/C=C\C/C=C\C/C=C\CCCCCCCCCC(=O)OCC(O)COP(=O)(O)OCC(O)COP(=O)(O)OCC(COC(=O)CCCCCCC/C=C\C/C=C\CCCCC)OC(=O)CCCCCCC/C=C\CCCCCCCC. The summed E-state index contributed by atoms with van der Waals surface area (Å²) in [5, 5.41) is 20.5. The van der Waals surface area contributed by atoms with Gasteiger partial charge in [0.1, 0.15) is 25.4 Å². The van der Waals surface area contributed by atoms with Gasteiger partial charge in [-0.05, 0) is 122 Å². The molecule has 0 aromatic carbocycles. The largest absolute Gasteiger partial charge is 0.472 e. The molecular formula is C71H126O16P2. The Balaban J connectivity index is 4.61. The molecule has 0 heterocycles. The summed E-state index contributed by atoms with van der Waals surface area (Å²) in [6.07, 6.45) is 69.1. The van der Waals surface area contributed by atoms with Gasteiger partial charge >= 0.3 is 33.6 Å². The lowest BCUT2D eigenvalue weighted by molar-refractivity contribution is -0.161. The fraction of sp³-hybridized carbons (Fsp3) is 0.761. The van der Waals surface area contributed by atoms with Crippen LogP contribution in [-0.4, -0.2) is 95.9 Å². The van der Waals surface area contributed by atoms with Crippen molar-refractivity contribution in [3.05, 3.63) is 85.1 Å². The Labute approximate surface area is 540 Å². The van der Waals surface area contributed by atoms with Crippen LogP contribution in [0.25, 0.3) is 0 Å². The van der Waals surface area contributed by atoms with E-state index in [2.05, 4.69) is 106 Å². The van der Waals surface area contributed by atoms with Crippen molar-refractivity contribution in [2.75, 3.05) is 39.6 Å². The molecule has 5 atom stereocenters. The minimum absolute atomic E-state index is 0.0923. The highest BCUT2D eigenvalue weighted by atomic mass is 31.2. The van der Waals surface area contributed by atoms with Gasteiger partial charge in [0.25, 0.3) is 0 Å². The van der Waals surface area contributed by atoms with E-state index < -0.39 is 91.5 Å². The second-order valence-electron chi connectivity index (χ2n) is 23.3. The van der Waals surface area contributed by atoms with E-state index in [1.54, 1.807) is 0 Å². The topological polar surface area (TPSA) is 231 Å². The predicted molar refractivity (Wildman–Crippen MR) is 362 cm³/mol. The summed E-state index contributed by atoms with van der Waals surface area (Å²) in [6, 6.07) is 0. The molecule has 0 aliphatic rings. The number of carbonyl (C=O) groups is 3. The van der Waals surface area contributed by atoms with Gasteiger partial charge in [-0.3, -0.25) is 32.5 Å². The molecule has 0 spiro atoms. The lowest BCUT2D eigenvalue weighted by Crippen LogP contribution is -2.30. The molecular weight excluding hydrogens is 1170 g/mol. The van der Waals surface area contributed by atoms with Crippen molar-refractivity contribution >= 4 is 33.6 Å². The van der Waals surface area contributed by atoms with Crippen molar-refractivity contribution in [2.45, 2.75) is 309 Å². The lowest BCUT2D eigenvalue weighted by atomic mass is 10.1. The van der Waals surface area contributed by atoms with Crippen LogP contribution >= 0.6 is 15.6 Å². The minimum Gasteiger partial charge on any atom is -0.463 e. The maximum atomic E-state index is 12.9. The normalized spacial score (nSPS) is 14.7. The molecule has 16 nitrogen and oxygen atoms in total. The Hall–Kier alpha value is -3.27. The number of aliphatic hydroxyl groups is 2. The van der Waals surface area contributed by atoms with Crippen LogP contribution < -0.4 is 0 Å². The number of ether oxygens (including phenoxy) is 3. The highest BCUT2D eigenvalue weighted by molar-refractivity contribution is 7.47. The molecule has 0 saturated heterocycles. The molecule has 0 bridgehead atoms. The van der Waals surface area contributed by atoms with Gasteiger partial charge in [-0.25, -0.2) is 9.13 Å². The molecule has 0 aromatic rings. The number of carbonyl (C=O) groups excluding carboxylic acids is 3. The Morgan fingerprint density at radius 2 is 0.562 bits per heavy atom. The van der Waals surface area contributed by atoms with Crippen LogP contribution in [-0.2, 0) is 55.8 Å². The molecule has 516 valence electrons. The van der Waals surface area contributed by atoms with E-state index in [0.29, 0.717) is 19.3 Å². The highest BCUT2D eigenvalue weighted by Gasteiger charge is 2.29. The molecule has 89 heavy (non-hydrogen) atoms. The number of aliphatic hydroxyl groups excluding tert-OH is 2. The summed E-state index contributed by atoms with van der Waals surface area (Å²) in [6.45, 7) is 2.58. The molecule has 4 N–H and O–H groups in total. The molecule has 0 aliphatic heterocycles. The van der Waals surface area contributed by atoms with E-state index in [4.69, 9.17) is 32.3 Å². The molecule has 0 aromatic heterocycles. The third-order valence-corrected chi connectivity index (χ3v) is 16.5. The Bertz CT molecular complexity index is 1970. The summed E-state index contributed by atoms with van der Waals surface area (Å²) in [4.78, 5) is 58.4. The average molecular weight is 1300 g/mol. The first kappa shape index (κ1) is 85.7. The molecule has 5 unspecified atom stereocenters. The zero-order chi connectivity index (χ0) is 65.3. The summed E-state index contributed by atoms with van der Waals surface area (Å²) in [7, 11) is -9.78. The van der Waals surface area contributed by atoms with E-state index in [0.717, 1.165) is 148 Å². The summed E-state index contributed by atoms with van der Waals surface area (Å²) in [5.41, 5.74) is 0. The Morgan fingerprint density at radius 1 is 0.315 bits per heavy atom. The van der Waals surface area contributed by atoms with Crippen LogP contribution in [0, 0.1) is 0 Å². The average Bonchev–Trinajstić information content (AvgIpc) is 3.65. The molecule has 0 amide bonds. The number of allylic oxidation sites excluding steroid dienone is 14. The van der Waals surface area contributed by atoms with Gasteiger partial charge in [-0.15, -0.1) is 0 Å². The van der Waals surface area contributed by atoms with E-state index in [-0.39, 0.29) is 19.3 Å². The first-order valence-corrected chi connectivity index (χ1v) is 37.9. The van der Waals surface area contributed by atoms with Gasteiger partial charge in [-0.1, -0.05) is 234 Å². The maximum Gasteiger partial charge on any atom is 0.472 e. The Morgan fingerprint density at radius 3 is 0.921 bits per heavy atom. The van der Waals surface area contributed by atoms with Gasteiger partial charge in [0.2, 0.25) is 0 Å². The standard InChI is InChI=1S/C71H126O16P2/c1-4-7-10-13-16-19-22-25-28-29-30-31-32-33-34-35-38-40-42-45-48-51-54-57-69(74)81-60-66(72)61-83-88(77,78)84-62-67(73)63-85-89(79,80)86-65-68(87-71(76)59-56-53-50-47-44-41-37-27-24-21-18-15-12-9-6-3)64-82-70(75)58-55-52-49-46-43-39-36-26-23-20-17-14-11-8-5-2/h16-17,19-20,25-28,30-31,33-34,36-37,66-68,72-73H,4-15,18,21-24,29,32,35,38-65H2,1-3H3,(H,77,78)(H,79,80)/b19-16-,20-17-,28-25-,31-30-,34-33-,36-26-,37-27-. The summed E-state index contributed by atoms with van der Waals surface area (Å²) >= 11 is 0. The third-order valence-electron chi connectivity index (χ3n) is 14.6. The van der Waals surface area contributed by atoms with Crippen LogP contribution in [0.4, 0.5) is 0 Å². The first-order valence-electron chi connectivity index (χ1n) is 34.9.